The topological polar surface area (TPSA) is 70.7 Å². The Balaban J connectivity index is 3.24. The second kappa shape index (κ2) is 3.66. The van der Waals surface area contributed by atoms with Crippen LogP contribution in [0.2, 0.25) is 0 Å². The van der Waals surface area contributed by atoms with Crippen molar-refractivity contribution in [1.82, 2.24) is 0 Å². The molecular weight excluding hydrogens is 191 g/mol. The minimum Gasteiger partial charge on any atom is -0.456 e. The first-order valence-electron chi connectivity index (χ1n) is 4.16. The van der Waals surface area contributed by atoms with Crippen LogP contribution in [0.1, 0.15) is 25.0 Å². The monoisotopic (exact) mass is 204 g/mol. The summed E-state index contributed by atoms with van der Waals surface area (Å²) >= 11 is 0. The zero-order valence-corrected chi connectivity index (χ0v) is 8.54. The van der Waals surface area contributed by atoms with Gasteiger partial charge in [0.05, 0.1) is 6.26 Å². The quantitative estimate of drug-likeness (QED) is 0.726. The Bertz CT molecular complexity index is 336. The Kier molecular flexibility index (Phi) is 2.96. The molecule has 0 aliphatic rings. The van der Waals surface area contributed by atoms with E-state index in [1.54, 1.807) is 0 Å². The van der Waals surface area contributed by atoms with Crippen molar-refractivity contribution in [3.05, 3.63) is 17.4 Å². The van der Waals surface area contributed by atoms with Gasteiger partial charge in [0, 0.05) is 5.56 Å². The van der Waals surface area contributed by atoms with Gasteiger partial charge in [-0.2, -0.15) is 0 Å². The van der Waals surface area contributed by atoms with Crippen LogP contribution < -0.4 is 5.50 Å². The van der Waals surface area contributed by atoms with E-state index in [0.717, 1.165) is 12.0 Å². The van der Waals surface area contributed by atoms with E-state index in [1.165, 1.54) is 6.26 Å². The van der Waals surface area contributed by atoms with E-state index >= 15 is 0 Å². The van der Waals surface area contributed by atoms with E-state index in [4.69, 9.17) is 14.2 Å². The summed E-state index contributed by atoms with van der Waals surface area (Å²) in [6, 6.07) is 0. The molecule has 0 saturated heterocycles. The Labute approximate surface area is 76.7 Å². The summed E-state index contributed by atoms with van der Waals surface area (Å²) in [7, 11) is -4.23. The smallest absolute Gasteiger partial charge is 0.391 e. The molecule has 0 aromatic carbocycles. The van der Waals surface area contributed by atoms with Gasteiger partial charge >= 0.3 is 7.60 Å². The number of rotatable bonds is 3. The van der Waals surface area contributed by atoms with E-state index in [0.29, 0.717) is 12.0 Å². The Hall–Kier alpha value is -0.570. The lowest BCUT2D eigenvalue weighted by Crippen LogP contribution is -2.07. The summed E-state index contributed by atoms with van der Waals surface area (Å²) in [5.74, 6) is 0. The summed E-state index contributed by atoms with van der Waals surface area (Å²) in [5, 5.41) is 0. The molecule has 0 aliphatic carbocycles. The predicted molar refractivity (Wildman–Crippen MR) is 49.1 cm³/mol. The van der Waals surface area contributed by atoms with Gasteiger partial charge in [0.1, 0.15) is 0 Å². The highest BCUT2D eigenvalue weighted by molar-refractivity contribution is 7.59. The lowest BCUT2D eigenvalue weighted by Gasteiger charge is -2.02. The molecule has 5 heteroatoms. The average Bonchev–Trinajstić information content (AvgIpc) is 2.45. The molecular formula is C8H13O4P. The molecule has 1 heterocycles. The third kappa shape index (κ3) is 2.02. The van der Waals surface area contributed by atoms with Crippen LogP contribution in [0.3, 0.4) is 0 Å². The van der Waals surface area contributed by atoms with Gasteiger partial charge in [0.25, 0.3) is 0 Å². The van der Waals surface area contributed by atoms with E-state index in [9.17, 15) is 4.57 Å². The lowest BCUT2D eigenvalue weighted by atomic mass is 10.1. The molecule has 13 heavy (non-hydrogen) atoms. The van der Waals surface area contributed by atoms with Gasteiger partial charge in [-0.05, 0) is 18.4 Å². The lowest BCUT2D eigenvalue weighted by molar-refractivity contribution is 0.376. The van der Waals surface area contributed by atoms with Crippen LogP contribution in [0.15, 0.2) is 10.7 Å². The standard InChI is InChI=1S/C8H13O4P/c1-3-6-5-12-8(7(6)4-2)13(9,10)11/h5H,3-4H2,1-2H3,(H2,9,10,11). The molecule has 74 valence electrons. The van der Waals surface area contributed by atoms with E-state index in [-0.39, 0.29) is 5.50 Å². The molecule has 0 spiro atoms. The maximum absolute atomic E-state index is 10.9. The van der Waals surface area contributed by atoms with Crippen molar-refractivity contribution in [2.24, 2.45) is 0 Å². The summed E-state index contributed by atoms with van der Waals surface area (Å²) < 4.78 is 15.8. The molecule has 0 atom stereocenters. The van der Waals surface area contributed by atoms with Gasteiger partial charge in [0.15, 0.2) is 0 Å². The molecule has 1 aromatic heterocycles. The van der Waals surface area contributed by atoms with Gasteiger partial charge in [-0.15, -0.1) is 0 Å². The predicted octanol–water partition coefficient (Wildman–Crippen LogP) is 1.21. The van der Waals surface area contributed by atoms with Crippen LogP contribution in [0.4, 0.5) is 0 Å². The van der Waals surface area contributed by atoms with Gasteiger partial charge in [0.2, 0.25) is 5.50 Å². The Morgan fingerprint density at radius 1 is 1.38 bits per heavy atom. The molecule has 1 rings (SSSR count). The number of aryl methyl sites for hydroxylation is 1. The van der Waals surface area contributed by atoms with E-state index in [2.05, 4.69) is 0 Å². The fourth-order valence-electron chi connectivity index (χ4n) is 1.33. The first-order chi connectivity index (χ1) is 6.00. The number of hydrogen-bond donors (Lipinski definition) is 2. The maximum atomic E-state index is 10.9. The highest BCUT2D eigenvalue weighted by Gasteiger charge is 2.26. The molecule has 0 unspecified atom stereocenters. The van der Waals surface area contributed by atoms with Crippen molar-refractivity contribution in [2.75, 3.05) is 0 Å². The fourth-order valence-corrected chi connectivity index (χ4v) is 2.17. The number of hydrogen-bond acceptors (Lipinski definition) is 2. The fraction of sp³-hybridized carbons (Fsp3) is 0.500. The molecule has 0 radical (unpaired) electrons. The SMILES string of the molecule is CCc1coc(P(=O)(O)O)c1CC. The van der Waals surface area contributed by atoms with Crippen LogP contribution in [0.5, 0.6) is 0 Å². The van der Waals surface area contributed by atoms with Crippen molar-refractivity contribution in [1.29, 1.82) is 0 Å². The van der Waals surface area contributed by atoms with Crippen LogP contribution in [0.25, 0.3) is 0 Å². The van der Waals surface area contributed by atoms with Crippen molar-refractivity contribution in [2.45, 2.75) is 26.7 Å². The van der Waals surface area contributed by atoms with E-state index < -0.39 is 7.60 Å². The van der Waals surface area contributed by atoms with Crippen LogP contribution >= 0.6 is 7.60 Å². The van der Waals surface area contributed by atoms with Crippen molar-refractivity contribution < 1.29 is 18.8 Å². The van der Waals surface area contributed by atoms with Crippen LogP contribution in [0, 0.1) is 0 Å². The van der Waals surface area contributed by atoms with Crippen molar-refractivity contribution in [3.8, 4) is 0 Å². The largest absolute Gasteiger partial charge is 0.456 e. The third-order valence-corrected chi connectivity index (χ3v) is 2.86. The van der Waals surface area contributed by atoms with Gasteiger partial charge in [-0.3, -0.25) is 4.57 Å². The van der Waals surface area contributed by atoms with E-state index in [1.807, 2.05) is 13.8 Å². The molecule has 0 bridgehead atoms. The molecule has 0 aliphatic heterocycles. The molecule has 0 amide bonds. The highest BCUT2D eigenvalue weighted by atomic mass is 31.2. The summed E-state index contributed by atoms with van der Waals surface area (Å²) in [5.41, 5.74) is 1.35. The highest BCUT2D eigenvalue weighted by Crippen LogP contribution is 2.36. The zero-order chi connectivity index (χ0) is 10.1. The van der Waals surface area contributed by atoms with Gasteiger partial charge in [-0.1, -0.05) is 13.8 Å². The molecule has 1 aromatic rings. The molecule has 0 saturated carbocycles. The maximum Gasteiger partial charge on any atom is 0.391 e. The Morgan fingerprint density at radius 3 is 2.38 bits per heavy atom. The first kappa shape index (κ1) is 10.5. The molecule has 2 N–H and O–H groups in total. The van der Waals surface area contributed by atoms with Gasteiger partial charge < -0.3 is 14.2 Å². The summed E-state index contributed by atoms with van der Waals surface area (Å²) in [4.78, 5) is 17.9. The van der Waals surface area contributed by atoms with Crippen molar-refractivity contribution >= 4 is 13.1 Å². The zero-order valence-electron chi connectivity index (χ0n) is 7.65. The van der Waals surface area contributed by atoms with Crippen LogP contribution in [-0.2, 0) is 17.4 Å². The minimum absolute atomic E-state index is 0.174. The molecule has 0 fully saturated rings. The number of furan rings is 1. The third-order valence-electron chi connectivity index (χ3n) is 1.96. The first-order valence-corrected chi connectivity index (χ1v) is 5.77. The second-order valence-electron chi connectivity index (χ2n) is 2.80. The van der Waals surface area contributed by atoms with Gasteiger partial charge in [-0.25, -0.2) is 0 Å². The molecule has 4 nitrogen and oxygen atoms in total. The second-order valence-corrected chi connectivity index (χ2v) is 4.29. The van der Waals surface area contributed by atoms with Crippen LogP contribution in [-0.4, -0.2) is 9.79 Å². The normalized spacial score (nSPS) is 12.0. The van der Waals surface area contributed by atoms with Crippen molar-refractivity contribution in [3.63, 3.8) is 0 Å². The average molecular weight is 204 g/mol. The summed E-state index contributed by atoms with van der Waals surface area (Å²) in [6.07, 6.45) is 2.74. The Morgan fingerprint density at radius 2 is 2.00 bits per heavy atom. The minimum atomic E-state index is -4.23. The summed E-state index contributed by atoms with van der Waals surface area (Å²) in [6.45, 7) is 3.77.